The molecule has 2 aromatic heterocycles. The molecule has 1 aliphatic rings. The van der Waals surface area contributed by atoms with Crippen LogP contribution in [-0.2, 0) is 0 Å². The van der Waals surface area contributed by atoms with Crippen LogP contribution < -0.4 is 5.32 Å². The van der Waals surface area contributed by atoms with Crippen LogP contribution in [0.4, 0.5) is 5.13 Å². The van der Waals surface area contributed by atoms with E-state index in [-0.39, 0.29) is 12.1 Å². The minimum absolute atomic E-state index is 0.112. The summed E-state index contributed by atoms with van der Waals surface area (Å²) in [5, 5.41) is 14.5. The van der Waals surface area contributed by atoms with Crippen LogP contribution in [0.5, 0.6) is 0 Å². The Morgan fingerprint density at radius 3 is 2.88 bits per heavy atom. The highest BCUT2D eigenvalue weighted by molar-refractivity contribution is 7.22. The summed E-state index contributed by atoms with van der Waals surface area (Å²) >= 11 is 1.64. The number of aromatic nitrogens is 3. The van der Waals surface area contributed by atoms with Gasteiger partial charge in [0.1, 0.15) is 6.33 Å². The number of para-hydroxylation sites is 2. The largest absolute Gasteiger partial charge is 0.391 e. The molecule has 0 aliphatic heterocycles. The van der Waals surface area contributed by atoms with E-state index in [2.05, 4.69) is 39.1 Å². The monoisotopic (exact) mass is 364 g/mol. The first kappa shape index (κ1) is 15.8. The SMILES string of the molecule is O[C@H]1CCCC[C@@H]1Nc1nc2ccc(-n3cnc4ccccc43)cc2s1. The molecule has 1 saturated carbocycles. The van der Waals surface area contributed by atoms with E-state index >= 15 is 0 Å². The Morgan fingerprint density at radius 1 is 1.08 bits per heavy atom. The van der Waals surface area contributed by atoms with Crippen molar-refractivity contribution in [2.24, 2.45) is 0 Å². The molecule has 6 heteroatoms. The molecule has 1 fully saturated rings. The molecule has 2 N–H and O–H groups in total. The Bertz CT molecular complexity index is 1070. The van der Waals surface area contributed by atoms with E-state index in [1.54, 1.807) is 11.3 Å². The Balaban J connectivity index is 1.48. The lowest BCUT2D eigenvalue weighted by molar-refractivity contribution is 0.116. The minimum Gasteiger partial charge on any atom is -0.391 e. The van der Waals surface area contributed by atoms with Crippen LogP contribution in [0.25, 0.3) is 26.9 Å². The quantitative estimate of drug-likeness (QED) is 0.567. The van der Waals surface area contributed by atoms with Crippen LogP contribution in [0.2, 0.25) is 0 Å². The van der Waals surface area contributed by atoms with Gasteiger partial charge < -0.3 is 10.4 Å². The van der Waals surface area contributed by atoms with Crippen LogP contribution in [0.15, 0.2) is 48.8 Å². The molecule has 0 bridgehead atoms. The minimum atomic E-state index is -0.274. The second-order valence-electron chi connectivity index (χ2n) is 6.88. The standard InChI is InChI=1S/C20H20N4OS/c25-18-8-4-2-6-15(18)22-20-23-16-10-9-13(11-19(16)26-20)24-12-21-14-5-1-3-7-17(14)24/h1,3,5,7,9-12,15,18,25H,2,4,6,8H2,(H,22,23)/t15-,18-/m0/s1. The van der Waals surface area contributed by atoms with E-state index in [9.17, 15) is 5.11 Å². The fourth-order valence-electron chi connectivity index (χ4n) is 3.73. The molecule has 5 nitrogen and oxygen atoms in total. The van der Waals surface area contributed by atoms with Gasteiger partial charge >= 0.3 is 0 Å². The van der Waals surface area contributed by atoms with Gasteiger partial charge in [0, 0.05) is 5.69 Å². The summed E-state index contributed by atoms with van der Waals surface area (Å²) in [6.07, 6.45) is 5.75. The summed E-state index contributed by atoms with van der Waals surface area (Å²) in [6.45, 7) is 0. The van der Waals surface area contributed by atoms with E-state index in [4.69, 9.17) is 4.98 Å². The molecule has 0 amide bonds. The third kappa shape index (κ3) is 2.75. The number of benzene rings is 2. The number of thiazole rings is 1. The second kappa shape index (κ2) is 6.37. The number of anilines is 1. The molecule has 132 valence electrons. The maximum absolute atomic E-state index is 10.2. The maximum Gasteiger partial charge on any atom is 0.184 e. The van der Waals surface area contributed by atoms with Gasteiger partial charge in [0.25, 0.3) is 0 Å². The van der Waals surface area contributed by atoms with Crippen molar-refractivity contribution in [3.8, 4) is 5.69 Å². The molecular formula is C20H20N4OS. The second-order valence-corrected chi connectivity index (χ2v) is 7.91. The average Bonchev–Trinajstić information content (AvgIpc) is 3.26. The highest BCUT2D eigenvalue weighted by atomic mass is 32.1. The van der Waals surface area contributed by atoms with E-state index in [1.165, 1.54) is 0 Å². The number of aliphatic hydroxyl groups excluding tert-OH is 1. The smallest absolute Gasteiger partial charge is 0.184 e. The first-order valence-corrected chi connectivity index (χ1v) is 9.87. The van der Waals surface area contributed by atoms with Crippen molar-refractivity contribution in [1.82, 2.24) is 14.5 Å². The number of fused-ring (bicyclic) bond motifs is 2. The lowest BCUT2D eigenvalue weighted by Gasteiger charge is -2.27. The normalized spacial score (nSPS) is 20.7. The first-order valence-electron chi connectivity index (χ1n) is 9.05. The molecule has 26 heavy (non-hydrogen) atoms. The molecular weight excluding hydrogens is 344 g/mol. The van der Waals surface area contributed by atoms with Gasteiger partial charge in [0.05, 0.1) is 33.4 Å². The molecule has 2 atom stereocenters. The van der Waals surface area contributed by atoms with E-state index in [0.717, 1.165) is 57.8 Å². The number of hydrogen-bond acceptors (Lipinski definition) is 5. The zero-order valence-electron chi connectivity index (χ0n) is 14.3. The van der Waals surface area contributed by atoms with Gasteiger partial charge in [0.2, 0.25) is 0 Å². The van der Waals surface area contributed by atoms with Gasteiger partial charge in [-0.05, 0) is 43.2 Å². The van der Waals surface area contributed by atoms with Crippen LogP contribution in [0, 0.1) is 0 Å². The van der Waals surface area contributed by atoms with Gasteiger partial charge in [-0.3, -0.25) is 4.57 Å². The van der Waals surface area contributed by atoms with E-state index in [0.29, 0.717) is 0 Å². The topological polar surface area (TPSA) is 63.0 Å². The van der Waals surface area contributed by atoms with Gasteiger partial charge in [-0.25, -0.2) is 9.97 Å². The van der Waals surface area contributed by atoms with Crippen LogP contribution in [0.1, 0.15) is 25.7 Å². The van der Waals surface area contributed by atoms with Crippen LogP contribution in [-0.4, -0.2) is 31.8 Å². The summed E-state index contributed by atoms with van der Waals surface area (Å²) in [5.74, 6) is 0. The highest BCUT2D eigenvalue weighted by Gasteiger charge is 2.23. The predicted octanol–water partition coefficient (Wildman–Crippen LogP) is 4.35. The molecule has 5 rings (SSSR count). The maximum atomic E-state index is 10.2. The first-order chi connectivity index (χ1) is 12.8. The van der Waals surface area contributed by atoms with Crippen LogP contribution >= 0.6 is 11.3 Å². The number of imidazole rings is 1. The van der Waals surface area contributed by atoms with Crippen molar-refractivity contribution in [2.45, 2.75) is 37.8 Å². The van der Waals surface area contributed by atoms with Crippen LogP contribution in [0.3, 0.4) is 0 Å². The number of nitrogens with zero attached hydrogens (tertiary/aromatic N) is 3. The van der Waals surface area contributed by atoms with Gasteiger partial charge in [-0.2, -0.15) is 0 Å². The third-order valence-corrected chi connectivity index (χ3v) is 6.09. The molecule has 2 heterocycles. The lowest BCUT2D eigenvalue weighted by atomic mass is 9.93. The van der Waals surface area contributed by atoms with Gasteiger partial charge in [0.15, 0.2) is 5.13 Å². The molecule has 0 unspecified atom stereocenters. The Labute approximate surface area is 155 Å². The molecule has 0 saturated heterocycles. The molecule has 4 aromatic rings. The average molecular weight is 364 g/mol. The fourth-order valence-corrected chi connectivity index (χ4v) is 4.69. The predicted molar refractivity (Wildman–Crippen MR) is 106 cm³/mol. The van der Waals surface area contributed by atoms with Crippen molar-refractivity contribution in [3.05, 3.63) is 48.8 Å². The number of hydrogen-bond donors (Lipinski definition) is 2. The van der Waals surface area contributed by atoms with Gasteiger partial charge in [-0.15, -0.1) is 0 Å². The van der Waals surface area contributed by atoms with Gasteiger partial charge in [-0.1, -0.05) is 36.3 Å². The van der Waals surface area contributed by atoms with E-state index < -0.39 is 0 Å². The summed E-state index contributed by atoms with van der Waals surface area (Å²) in [4.78, 5) is 9.17. The summed E-state index contributed by atoms with van der Waals surface area (Å²) in [5.41, 5.74) is 4.15. The fraction of sp³-hybridized carbons (Fsp3) is 0.300. The van der Waals surface area contributed by atoms with Crippen molar-refractivity contribution in [3.63, 3.8) is 0 Å². The zero-order chi connectivity index (χ0) is 17.5. The number of rotatable bonds is 3. The molecule has 1 aliphatic carbocycles. The number of aliphatic hydroxyl groups is 1. The van der Waals surface area contributed by atoms with Crippen molar-refractivity contribution >= 4 is 37.7 Å². The summed E-state index contributed by atoms with van der Waals surface area (Å²) in [6, 6.07) is 14.5. The van der Waals surface area contributed by atoms with Crippen molar-refractivity contribution < 1.29 is 5.11 Å². The molecule has 2 aromatic carbocycles. The van der Waals surface area contributed by atoms with E-state index in [1.807, 2.05) is 24.5 Å². The Kier molecular flexibility index (Phi) is 3.87. The third-order valence-electron chi connectivity index (χ3n) is 5.14. The molecule has 0 spiro atoms. The zero-order valence-corrected chi connectivity index (χ0v) is 15.1. The highest BCUT2D eigenvalue weighted by Crippen LogP contribution is 2.31. The summed E-state index contributed by atoms with van der Waals surface area (Å²) < 4.78 is 3.24. The van der Waals surface area contributed by atoms with Crippen molar-refractivity contribution in [2.75, 3.05) is 5.32 Å². The summed E-state index contributed by atoms with van der Waals surface area (Å²) in [7, 11) is 0. The molecule has 0 radical (unpaired) electrons. The Morgan fingerprint density at radius 2 is 1.96 bits per heavy atom. The lowest BCUT2D eigenvalue weighted by Crippen LogP contribution is -2.36. The Hall–Kier alpha value is -2.44. The van der Waals surface area contributed by atoms with Crippen molar-refractivity contribution in [1.29, 1.82) is 0 Å². The number of nitrogens with one attached hydrogen (secondary N) is 1.